The van der Waals surface area contributed by atoms with Gasteiger partial charge in [-0.25, -0.2) is 9.67 Å². The van der Waals surface area contributed by atoms with Crippen LogP contribution in [0.1, 0.15) is 31.9 Å². The van der Waals surface area contributed by atoms with Gasteiger partial charge in [0, 0.05) is 51.4 Å². The highest BCUT2D eigenvalue weighted by Gasteiger charge is 2.51. The Kier molecular flexibility index (Phi) is 6.86. The van der Waals surface area contributed by atoms with Crippen molar-refractivity contribution in [1.29, 1.82) is 0 Å². The fourth-order valence-corrected chi connectivity index (χ4v) is 4.86. The number of aliphatic imine (C=N–C) groups is 1. The second kappa shape index (κ2) is 9.30. The minimum Gasteiger partial charge on any atom is -0.474 e. The molecule has 0 amide bonds. The first-order valence-electron chi connectivity index (χ1n) is 11.3. The number of alkyl halides is 6. The Bertz CT molecular complexity index is 957. The minimum atomic E-state index is -4.64. The summed E-state index contributed by atoms with van der Waals surface area (Å²) in [6, 6.07) is 0.875. The van der Waals surface area contributed by atoms with E-state index in [0.717, 1.165) is 36.7 Å². The number of rotatable bonds is 7. The number of allylic oxidation sites excluding steroid dienone is 1. The number of methoxy groups -OCH3 is 2. The summed E-state index contributed by atoms with van der Waals surface area (Å²) in [4.78, 5) is 6.05. The number of likely N-dealkylation sites (tertiary alicyclic amines) is 1. The molecule has 4 atom stereocenters. The highest BCUT2D eigenvalue weighted by Crippen LogP contribution is 2.45. The second-order valence-corrected chi connectivity index (χ2v) is 9.47. The molecule has 1 aliphatic carbocycles. The van der Waals surface area contributed by atoms with Crippen LogP contribution in [-0.4, -0.2) is 66.8 Å². The largest absolute Gasteiger partial charge is 0.474 e. The molecule has 2 aliphatic heterocycles. The van der Waals surface area contributed by atoms with Crippen LogP contribution >= 0.6 is 0 Å². The van der Waals surface area contributed by atoms with Gasteiger partial charge in [0.1, 0.15) is 17.3 Å². The smallest absolute Gasteiger partial charge is 0.435 e. The van der Waals surface area contributed by atoms with Crippen LogP contribution in [0, 0.1) is 17.3 Å². The molecule has 3 aliphatic rings. The summed E-state index contributed by atoms with van der Waals surface area (Å²) in [5.41, 5.74) is -3.06. The molecular weight excluding hydrogens is 482 g/mol. The van der Waals surface area contributed by atoms with E-state index in [2.05, 4.69) is 10.1 Å². The van der Waals surface area contributed by atoms with Crippen LogP contribution in [0.5, 0.6) is 5.88 Å². The normalized spacial score (nSPS) is 29.1. The van der Waals surface area contributed by atoms with Crippen molar-refractivity contribution in [3.8, 4) is 5.88 Å². The van der Waals surface area contributed by atoms with Crippen LogP contribution < -0.4 is 4.74 Å². The van der Waals surface area contributed by atoms with Crippen LogP contribution in [0.2, 0.25) is 0 Å². The number of fused-ring (bicyclic) bond motifs is 2. The Morgan fingerprint density at radius 3 is 2.20 bits per heavy atom. The number of hydrogen-bond acceptors (Lipinski definition) is 6. The third-order valence-electron chi connectivity index (χ3n) is 7.05. The average molecular weight is 510 g/mol. The van der Waals surface area contributed by atoms with E-state index in [1.807, 2.05) is 4.90 Å². The predicted molar refractivity (Wildman–Crippen MR) is 113 cm³/mol. The Morgan fingerprint density at radius 2 is 1.71 bits per heavy atom. The summed E-state index contributed by atoms with van der Waals surface area (Å²) in [6.45, 7) is 2.01. The maximum atomic E-state index is 13.3. The van der Waals surface area contributed by atoms with Crippen LogP contribution in [-0.2, 0) is 22.2 Å². The van der Waals surface area contributed by atoms with E-state index >= 15 is 0 Å². The molecule has 0 aromatic carbocycles. The van der Waals surface area contributed by atoms with Crippen molar-refractivity contribution >= 4 is 6.21 Å². The fourth-order valence-electron chi connectivity index (χ4n) is 4.86. The number of ether oxygens (including phenoxy) is 3. The van der Waals surface area contributed by atoms with Crippen molar-refractivity contribution in [2.24, 2.45) is 22.2 Å². The lowest BCUT2D eigenvalue weighted by atomic mass is 9.85. The van der Waals surface area contributed by atoms with E-state index in [9.17, 15) is 26.3 Å². The lowest BCUT2D eigenvalue weighted by Crippen LogP contribution is -2.47. The number of nitrogens with zero attached hydrogens (tertiary/aromatic N) is 4. The number of aromatic nitrogens is 2. The number of hydrogen-bond donors (Lipinski definition) is 0. The zero-order valence-electron chi connectivity index (χ0n) is 19.6. The maximum absolute atomic E-state index is 13.3. The Labute approximate surface area is 198 Å². The second-order valence-electron chi connectivity index (χ2n) is 9.47. The Balaban J connectivity index is 1.48. The first-order chi connectivity index (χ1) is 16.3. The summed E-state index contributed by atoms with van der Waals surface area (Å²) in [5.74, 6) is 0.440. The summed E-state index contributed by atoms with van der Waals surface area (Å²) in [5, 5.41) is 3.65. The van der Waals surface area contributed by atoms with Crippen LogP contribution in [0.3, 0.4) is 0 Å². The first kappa shape index (κ1) is 25.8. The van der Waals surface area contributed by atoms with Crippen molar-refractivity contribution in [3.05, 3.63) is 23.7 Å². The van der Waals surface area contributed by atoms with Crippen molar-refractivity contribution < 1.29 is 40.6 Å². The third-order valence-corrected chi connectivity index (χ3v) is 7.05. The Hall–Kier alpha value is -2.28. The average Bonchev–Trinajstić information content (AvgIpc) is 3.28. The number of piperidine rings is 1. The van der Waals surface area contributed by atoms with Gasteiger partial charge in [0.05, 0.1) is 6.54 Å². The summed E-state index contributed by atoms with van der Waals surface area (Å²) >= 11 is 0. The minimum absolute atomic E-state index is 0.0147. The maximum Gasteiger partial charge on any atom is 0.435 e. The first-order valence-corrected chi connectivity index (χ1v) is 11.3. The van der Waals surface area contributed by atoms with Gasteiger partial charge in [-0.1, -0.05) is 0 Å². The van der Waals surface area contributed by atoms with Crippen LogP contribution in [0.4, 0.5) is 26.3 Å². The van der Waals surface area contributed by atoms with E-state index in [-0.39, 0.29) is 36.8 Å². The van der Waals surface area contributed by atoms with Gasteiger partial charge in [-0.05, 0) is 32.3 Å². The lowest BCUT2D eigenvalue weighted by molar-refractivity contribution is -0.189. The quantitative estimate of drug-likeness (QED) is 0.400. The highest BCUT2D eigenvalue weighted by molar-refractivity contribution is 5.69. The Morgan fingerprint density at radius 1 is 1.09 bits per heavy atom. The van der Waals surface area contributed by atoms with E-state index < -0.39 is 29.8 Å². The molecule has 1 aromatic heterocycles. The van der Waals surface area contributed by atoms with Crippen LogP contribution in [0.25, 0.3) is 0 Å². The van der Waals surface area contributed by atoms with E-state index in [1.54, 1.807) is 0 Å². The predicted octanol–water partition coefficient (Wildman–Crippen LogP) is 4.49. The molecule has 2 fully saturated rings. The lowest BCUT2D eigenvalue weighted by Gasteiger charge is -2.40. The van der Waals surface area contributed by atoms with Gasteiger partial charge in [-0.2, -0.15) is 31.4 Å². The van der Waals surface area contributed by atoms with Crippen molar-refractivity contribution in [2.45, 2.75) is 57.5 Å². The standard InChI is InChI=1S/C22H28F6N4O3/c1-20(22(26,27)28)7-6-16(29-12-20)31-9-13-4-5-14(10-31)19(13)35-17-8-15(21(23,24)25)30-32(17)11-18(33-2)34-3/h6,8,12-14,18-19H,4-5,7,9-11H2,1-3H3/t13-,14+,19?,20?. The van der Waals surface area contributed by atoms with Crippen molar-refractivity contribution in [2.75, 3.05) is 27.3 Å². The van der Waals surface area contributed by atoms with Gasteiger partial charge in [-0.3, -0.25) is 0 Å². The molecule has 196 valence electrons. The summed E-state index contributed by atoms with van der Waals surface area (Å²) in [7, 11) is 2.75. The molecule has 1 saturated carbocycles. The molecule has 7 nitrogen and oxygen atoms in total. The van der Waals surface area contributed by atoms with Gasteiger partial charge < -0.3 is 19.1 Å². The monoisotopic (exact) mass is 510 g/mol. The highest BCUT2D eigenvalue weighted by atomic mass is 19.4. The molecular formula is C22H28F6N4O3. The molecule has 0 spiro atoms. The van der Waals surface area contributed by atoms with Gasteiger partial charge in [0.25, 0.3) is 0 Å². The molecule has 1 saturated heterocycles. The third kappa shape index (κ3) is 5.16. The topological polar surface area (TPSA) is 61.1 Å². The van der Waals surface area contributed by atoms with Gasteiger partial charge >= 0.3 is 12.4 Å². The molecule has 35 heavy (non-hydrogen) atoms. The van der Waals surface area contributed by atoms with E-state index in [0.29, 0.717) is 18.9 Å². The van der Waals surface area contributed by atoms with E-state index in [4.69, 9.17) is 14.2 Å². The molecule has 3 heterocycles. The summed E-state index contributed by atoms with van der Waals surface area (Å²) in [6.07, 6.45) is -6.32. The van der Waals surface area contributed by atoms with Gasteiger partial charge in [0.15, 0.2) is 12.0 Å². The molecule has 0 N–H and O–H groups in total. The van der Waals surface area contributed by atoms with Crippen molar-refractivity contribution in [3.63, 3.8) is 0 Å². The zero-order chi connectivity index (χ0) is 25.6. The van der Waals surface area contributed by atoms with Gasteiger partial charge in [-0.15, -0.1) is 0 Å². The molecule has 4 rings (SSSR count). The molecule has 13 heteroatoms. The van der Waals surface area contributed by atoms with Crippen molar-refractivity contribution in [1.82, 2.24) is 14.7 Å². The fraction of sp³-hybridized carbons (Fsp3) is 0.727. The zero-order valence-corrected chi connectivity index (χ0v) is 19.6. The molecule has 0 radical (unpaired) electrons. The summed E-state index contributed by atoms with van der Waals surface area (Å²) < 4.78 is 97.2. The molecule has 2 bridgehead atoms. The molecule has 1 aromatic rings. The number of halogens is 6. The van der Waals surface area contributed by atoms with E-state index in [1.165, 1.54) is 20.3 Å². The van der Waals surface area contributed by atoms with Gasteiger partial charge in [0.2, 0.25) is 5.88 Å². The van der Waals surface area contributed by atoms with Crippen LogP contribution in [0.15, 0.2) is 23.0 Å². The SMILES string of the molecule is COC(Cn1nc(C(F)(F)F)cc1OC1[C@@H]2CC[C@H]1CN(C1=CCC(C)(C(F)(F)F)C=N1)C2)OC. The molecule has 2 unspecified atom stereocenters.